The molecule has 0 spiro atoms. The summed E-state index contributed by atoms with van der Waals surface area (Å²) in [5.74, 6) is -1.00. The summed E-state index contributed by atoms with van der Waals surface area (Å²) in [6, 6.07) is 0. The van der Waals surface area contributed by atoms with Crippen molar-refractivity contribution in [2.75, 3.05) is 13.2 Å². The molecule has 0 bridgehead atoms. The minimum atomic E-state index is -0.813. The zero-order valence-corrected chi connectivity index (χ0v) is 43.0. The van der Waals surface area contributed by atoms with Crippen molar-refractivity contribution in [2.24, 2.45) is 0 Å². The minimum absolute atomic E-state index is 0.106. The van der Waals surface area contributed by atoms with E-state index in [1.165, 1.54) is 161 Å². The number of rotatable bonds is 50. The van der Waals surface area contributed by atoms with Crippen molar-refractivity contribution in [3.8, 4) is 0 Å². The predicted molar refractivity (Wildman–Crippen MR) is 279 cm³/mol. The first-order chi connectivity index (χ1) is 32.0. The third-order valence-electron chi connectivity index (χ3n) is 12.0. The van der Waals surface area contributed by atoms with Crippen LogP contribution in [0.25, 0.3) is 0 Å². The molecule has 0 heterocycles. The summed E-state index contributed by atoms with van der Waals surface area (Å²) >= 11 is 0. The van der Waals surface area contributed by atoms with Gasteiger partial charge in [-0.05, 0) is 89.9 Å². The molecular weight excluding hydrogens is 805 g/mol. The summed E-state index contributed by atoms with van der Waals surface area (Å²) in [6.45, 7) is 6.56. The molecule has 0 aromatic heterocycles. The number of carbonyl (C=O) groups excluding carboxylic acids is 3. The van der Waals surface area contributed by atoms with E-state index in [9.17, 15) is 14.4 Å². The van der Waals surface area contributed by atoms with Gasteiger partial charge in [0, 0.05) is 19.3 Å². The molecule has 0 N–H and O–H groups in total. The first-order valence-electron chi connectivity index (χ1n) is 27.8. The lowest BCUT2D eigenvalue weighted by atomic mass is 10.1. The van der Waals surface area contributed by atoms with Gasteiger partial charge in [-0.3, -0.25) is 14.4 Å². The van der Waals surface area contributed by atoms with Crippen LogP contribution in [0, 0.1) is 0 Å². The van der Waals surface area contributed by atoms with Gasteiger partial charge in [0.15, 0.2) is 6.10 Å². The van der Waals surface area contributed by atoms with Gasteiger partial charge in [-0.1, -0.05) is 229 Å². The van der Waals surface area contributed by atoms with Gasteiger partial charge in [0.1, 0.15) is 13.2 Å². The van der Waals surface area contributed by atoms with E-state index < -0.39 is 6.10 Å². The molecule has 1 unspecified atom stereocenters. The number of hydrogen-bond acceptors (Lipinski definition) is 6. The van der Waals surface area contributed by atoms with Crippen LogP contribution in [-0.4, -0.2) is 37.2 Å². The fourth-order valence-corrected chi connectivity index (χ4v) is 7.78. The maximum atomic E-state index is 12.8. The van der Waals surface area contributed by atoms with Crippen molar-refractivity contribution in [1.29, 1.82) is 0 Å². The highest BCUT2D eigenvalue weighted by molar-refractivity contribution is 5.71. The molecule has 0 fully saturated rings. The summed E-state index contributed by atoms with van der Waals surface area (Å²) < 4.78 is 16.7. The Morgan fingerprint density at radius 2 is 0.631 bits per heavy atom. The van der Waals surface area contributed by atoms with Gasteiger partial charge in [-0.15, -0.1) is 0 Å². The first-order valence-corrected chi connectivity index (χ1v) is 27.8. The first kappa shape index (κ1) is 62.1. The van der Waals surface area contributed by atoms with E-state index in [4.69, 9.17) is 14.2 Å². The van der Waals surface area contributed by atoms with Crippen molar-refractivity contribution >= 4 is 17.9 Å². The Kier molecular flexibility index (Phi) is 51.3. The summed E-state index contributed by atoms with van der Waals surface area (Å²) in [4.78, 5) is 38.0. The molecule has 0 aromatic carbocycles. The van der Waals surface area contributed by atoms with Gasteiger partial charge in [0.2, 0.25) is 0 Å². The van der Waals surface area contributed by atoms with E-state index >= 15 is 0 Å². The van der Waals surface area contributed by atoms with E-state index in [1.54, 1.807) is 0 Å². The van der Waals surface area contributed by atoms with Crippen LogP contribution in [0.3, 0.4) is 0 Å². The molecule has 6 heteroatoms. The molecule has 0 saturated carbocycles. The molecule has 0 aliphatic carbocycles. The van der Waals surface area contributed by atoms with Crippen molar-refractivity contribution in [1.82, 2.24) is 0 Å². The van der Waals surface area contributed by atoms with Gasteiger partial charge < -0.3 is 14.2 Å². The number of esters is 3. The number of unbranched alkanes of at least 4 members (excludes halogenated alkanes) is 30. The van der Waals surface area contributed by atoms with E-state index in [1.807, 2.05) is 6.08 Å². The van der Waals surface area contributed by atoms with Crippen LogP contribution < -0.4 is 0 Å². The molecule has 0 amide bonds. The van der Waals surface area contributed by atoms with Gasteiger partial charge in [0.25, 0.3) is 0 Å². The monoisotopic (exact) mass is 909 g/mol. The Balaban J connectivity index is 4.46. The van der Waals surface area contributed by atoms with Crippen LogP contribution in [0.15, 0.2) is 60.8 Å². The number of ether oxygens (including phenoxy) is 3. The van der Waals surface area contributed by atoms with Crippen LogP contribution in [0.1, 0.15) is 278 Å². The molecule has 65 heavy (non-hydrogen) atoms. The summed E-state index contributed by atoms with van der Waals surface area (Å²) in [5.41, 5.74) is 0. The van der Waals surface area contributed by atoms with Gasteiger partial charge in [0.05, 0.1) is 0 Å². The highest BCUT2D eigenvalue weighted by Crippen LogP contribution is 2.14. The fraction of sp³-hybridized carbons (Fsp3) is 0.780. The topological polar surface area (TPSA) is 78.9 Å². The molecule has 0 saturated heterocycles. The second-order valence-electron chi connectivity index (χ2n) is 18.5. The van der Waals surface area contributed by atoms with Crippen molar-refractivity contribution in [2.45, 2.75) is 284 Å². The predicted octanol–water partition coefficient (Wildman–Crippen LogP) is 18.4. The SMILES string of the molecule is CCCCCCCC/C=C\C/C=C\CCC(=O)OCC(COC(=O)CCCCCCC/C=C\CCCCCCCCCCC)OC(=O)CCCCC/C=C\C=C/CCCCCCCCC. The van der Waals surface area contributed by atoms with E-state index in [-0.39, 0.29) is 44.0 Å². The minimum Gasteiger partial charge on any atom is -0.462 e. The van der Waals surface area contributed by atoms with E-state index in [0.29, 0.717) is 12.8 Å². The second-order valence-corrected chi connectivity index (χ2v) is 18.5. The lowest BCUT2D eigenvalue weighted by Crippen LogP contribution is -2.30. The zero-order chi connectivity index (χ0) is 47.2. The Morgan fingerprint density at radius 3 is 1.06 bits per heavy atom. The number of carbonyl (C=O) groups is 3. The van der Waals surface area contributed by atoms with E-state index in [0.717, 1.165) is 70.6 Å². The molecular formula is C59H104O6. The summed E-state index contributed by atoms with van der Waals surface area (Å²) in [6.07, 6.45) is 66.5. The molecule has 0 aromatic rings. The third-order valence-corrected chi connectivity index (χ3v) is 12.0. The Labute approximate surface area is 402 Å². The average molecular weight is 909 g/mol. The van der Waals surface area contributed by atoms with Crippen molar-refractivity contribution in [3.05, 3.63) is 60.8 Å². The van der Waals surface area contributed by atoms with Crippen LogP contribution in [0.5, 0.6) is 0 Å². The maximum Gasteiger partial charge on any atom is 0.306 e. The Bertz CT molecular complexity index is 1180. The lowest BCUT2D eigenvalue weighted by Gasteiger charge is -2.18. The molecule has 0 aliphatic heterocycles. The van der Waals surface area contributed by atoms with Crippen molar-refractivity contribution in [3.63, 3.8) is 0 Å². The molecule has 1 atom stereocenters. The highest BCUT2D eigenvalue weighted by atomic mass is 16.6. The van der Waals surface area contributed by atoms with Crippen LogP contribution >= 0.6 is 0 Å². The summed E-state index contributed by atoms with van der Waals surface area (Å²) in [5, 5.41) is 0. The van der Waals surface area contributed by atoms with Gasteiger partial charge in [-0.2, -0.15) is 0 Å². The van der Waals surface area contributed by atoms with Crippen LogP contribution in [0.2, 0.25) is 0 Å². The average Bonchev–Trinajstić information content (AvgIpc) is 3.30. The smallest absolute Gasteiger partial charge is 0.306 e. The Morgan fingerprint density at radius 1 is 0.323 bits per heavy atom. The quantitative estimate of drug-likeness (QED) is 0.0199. The Hall–Kier alpha value is -2.89. The zero-order valence-electron chi connectivity index (χ0n) is 43.0. The van der Waals surface area contributed by atoms with E-state index in [2.05, 4.69) is 75.5 Å². The largest absolute Gasteiger partial charge is 0.462 e. The molecule has 0 aliphatic rings. The molecule has 376 valence electrons. The third kappa shape index (κ3) is 51.9. The summed E-state index contributed by atoms with van der Waals surface area (Å²) in [7, 11) is 0. The number of allylic oxidation sites excluding steroid dienone is 10. The molecule has 0 radical (unpaired) electrons. The maximum absolute atomic E-state index is 12.8. The van der Waals surface area contributed by atoms with Crippen LogP contribution in [0.4, 0.5) is 0 Å². The van der Waals surface area contributed by atoms with Gasteiger partial charge >= 0.3 is 17.9 Å². The molecule has 6 nitrogen and oxygen atoms in total. The lowest BCUT2D eigenvalue weighted by molar-refractivity contribution is -0.166. The highest BCUT2D eigenvalue weighted by Gasteiger charge is 2.19. The van der Waals surface area contributed by atoms with Crippen molar-refractivity contribution < 1.29 is 28.6 Å². The van der Waals surface area contributed by atoms with Gasteiger partial charge in [-0.25, -0.2) is 0 Å². The molecule has 0 rings (SSSR count). The normalized spacial score (nSPS) is 12.5. The number of hydrogen-bond donors (Lipinski definition) is 0. The fourth-order valence-electron chi connectivity index (χ4n) is 7.78. The second kappa shape index (κ2) is 53.7. The van der Waals surface area contributed by atoms with Crippen LogP contribution in [-0.2, 0) is 28.6 Å². The standard InChI is InChI=1S/C59H104O6/c1-4-7-10-13-16-19-22-25-27-29-30-32-34-37-40-43-46-49-52-58(61)64-55-56(54-63-57(60)51-48-45-42-39-36-33-24-21-18-15-12-9-6-3)65-59(62)53-50-47-44-41-38-35-31-28-26-23-20-17-14-11-8-5-2/h28,30-33,35-36,38,42,45,56H,4-27,29,34,37,39-41,43-44,46-55H2,1-3H3/b31-28-,32-30-,36-33-,38-35-,45-42-.